The highest BCUT2D eigenvalue weighted by Gasteiger charge is 2.28. The Morgan fingerprint density at radius 3 is 2.44 bits per heavy atom. The zero-order chi connectivity index (χ0) is 23.3. The molecule has 5 nitrogen and oxygen atoms in total. The first-order valence-electron chi connectivity index (χ1n) is 11.5. The van der Waals surface area contributed by atoms with Crippen molar-refractivity contribution in [3.05, 3.63) is 64.7 Å². The second-order valence-electron chi connectivity index (χ2n) is 7.95. The van der Waals surface area contributed by atoms with Crippen LogP contribution in [0.2, 0.25) is 5.02 Å². The van der Waals surface area contributed by atoms with Gasteiger partial charge in [-0.15, -0.1) is 0 Å². The van der Waals surface area contributed by atoms with Gasteiger partial charge in [0.15, 0.2) is 0 Å². The summed E-state index contributed by atoms with van der Waals surface area (Å²) in [5.41, 5.74) is 2.00. The molecule has 6 heteroatoms. The SMILES string of the molecule is CCCCNC(=O)[C@H](CC)N(Cc1ccccc1Cl)C(=O)CCCOc1ccc(C)cc1. The largest absolute Gasteiger partial charge is 0.494 e. The Bertz CT molecular complexity index is 854. The van der Waals surface area contributed by atoms with Crippen molar-refractivity contribution in [3.63, 3.8) is 0 Å². The molecule has 0 fully saturated rings. The number of hydrogen-bond donors (Lipinski definition) is 1. The lowest BCUT2D eigenvalue weighted by atomic mass is 10.1. The van der Waals surface area contributed by atoms with Crippen LogP contribution in [0, 0.1) is 6.92 Å². The number of halogens is 1. The average molecular weight is 459 g/mol. The molecule has 0 aromatic heterocycles. The average Bonchev–Trinajstić information content (AvgIpc) is 2.79. The molecule has 174 valence electrons. The van der Waals surface area contributed by atoms with Crippen LogP contribution in [0.15, 0.2) is 48.5 Å². The van der Waals surface area contributed by atoms with E-state index in [1.165, 1.54) is 5.56 Å². The van der Waals surface area contributed by atoms with E-state index in [1.54, 1.807) is 11.0 Å². The Morgan fingerprint density at radius 1 is 1.06 bits per heavy atom. The molecule has 32 heavy (non-hydrogen) atoms. The van der Waals surface area contributed by atoms with E-state index in [1.807, 2.05) is 56.3 Å². The van der Waals surface area contributed by atoms with E-state index in [4.69, 9.17) is 16.3 Å². The maximum absolute atomic E-state index is 13.2. The van der Waals surface area contributed by atoms with Crippen molar-refractivity contribution in [3.8, 4) is 5.75 Å². The first-order chi connectivity index (χ1) is 15.5. The van der Waals surface area contributed by atoms with Gasteiger partial charge in [0.2, 0.25) is 11.8 Å². The molecule has 1 N–H and O–H groups in total. The second kappa shape index (κ2) is 13.8. The van der Waals surface area contributed by atoms with Crippen molar-refractivity contribution >= 4 is 23.4 Å². The number of hydrogen-bond acceptors (Lipinski definition) is 3. The molecule has 0 heterocycles. The van der Waals surface area contributed by atoms with E-state index in [9.17, 15) is 9.59 Å². The first-order valence-corrected chi connectivity index (χ1v) is 11.8. The topological polar surface area (TPSA) is 58.6 Å². The Morgan fingerprint density at radius 2 is 1.78 bits per heavy atom. The van der Waals surface area contributed by atoms with Crippen LogP contribution in [0.3, 0.4) is 0 Å². The molecule has 0 bridgehead atoms. The Balaban J connectivity index is 2.04. The highest BCUT2D eigenvalue weighted by molar-refractivity contribution is 6.31. The number of carbonyl (C=O) groups is 2. The van der Waals surface area contributed by atoms with Crippen LogP contribution in [-0.4, -0.2) is 35.9 Å². The third-order valence-electron chi connectivity index (χ3n) is 5.34. The number of rotatable bonds is 13. The number of aryl methyl sites for hydroxylation is 1. The number of amides is 2. The van der Waals surface area contributed by atoms with Crippen LogP contribution >= 0.6 is 11.6 Å². The first kappa shape index (κ1) is 25.7. The standard InChI is InChI=1S/C26H35ClN2O3/c1-4-6-17-28-26(31)24(5-2)29(19-21-10-7-8-11-23(21)27)25(30)12-9-18-32-22-15-13-20(3)14-16-22/h7-8,10-11,13-16,24H,4-6,9,12,17-19H2,1-3H3,(H,28,31)/t24-/m0/s1. The second-order valence-corrected chi connectivity index (χ2v) is 8.35. The van der Waals surface area contributed by atoms with Crippen LogP contribution in [0.25, 0.3) is 0 Å². The van der Waals surface area contributed by atoms with Gasteiger partial charge >= 0.3 is 0 Å². The fraction of sp³-hybridized carbons (Fsp3) is 0.462. The van der Waals surface area contributed by atoms with Gasteiger partial charge in [-0.3, -0.25) is 9.59 Å². The third-order valence-corrected chi connectivity index (χ3v) is 5.71. The molecule has 2 aromatic carbocycles. The van der Waals surface area contributed by atoms with Crippen LogP contribution in [0.5, 0.6) is 5.75 Å². The predicted molar refractivity (Wildman–Crippen MR) is 130 cm³/mol. The quantitative estimate of drug-likeness (QED) is 0.401. The van der Waals surface area contributed by atoms with Crippen molar-refractivity contribution < 1.29 is 14.3 Å². The molecule has 2 amide bonds. The Hall–Kier alpha value is -2.53. The highest BCUT2D eigenvalue weighted by Crippen LogP contribution is 2.21. The van der Waals surface area contributed by atoms with Crippen LogP contribution < -0.4 is 10.1 Å². The van der Waals surface area contributed by atoms with Gasteiger partial charge in [0.1, 0.15) is 11.8 Å². The molecule has 0 spiro atoms. The van der Waals surface area contributed by atoms with Crippen molar-refractivity contribution in [1.82, 2.24) is 10.2 Å². The number of carbonyl (C=O) groups excluding carboxylic acids is 2. The summed E-state index contributed by atoms with van der Waals surface area (Å²) in [5, 5.41) is 3.57. The van der Waals surface area contributed by atoms with E-state index in [-0.39, 0.29) is 11.8 Å². The number of ether oxygens (including phenoxy) is 1. The molecule has 0 saturated heterocycles. The molecule has 2 rings (SSSR count). The lowest BCUT2D eigenvalue weighted by Crippen LogP contribution is -2.49. The van der Waals surface area contributed by atoms with Crippen LogP contribution in [-0.2, 0) is 16.1 Å². The van der Waals surface area contributed by atoms with Gasteiger partial charge in [-0.2, -0.15) is 0 Å². The summed E-state index contributed by atoms with van der Waals surface area (Å²) in [6, 6.07) is 14.7. The normalized spacial score (nSPS) is 11.6. The van der Waals surface area contributed by atoms with Gasteiger partial charge in [-0.25, -0.2) is 0 Å². The molecule has 1 atom stereocenters. The van der Waals surface area contributed by atoms with E-state index >= 15 is 0 Å². The number of nitrogens with one attached hydrogen (secondary N) is 1. The summed E-state index contributed by atoms with van der Waals surface area (Å²) in [6.45, 7) is 7.39. The predicted octanol–water partition coefficient (Wildman–Crippen LogP) is 5.53. The van der Waals surface area contributed by atoms with Gasteiger partial charge in [-0.05, 0) is 49.9 Å². The summed E-state index contributed by atoms with van der Waals surface area (Å²) < 4.78 is 5.76. The zero-order valence-electron chi connectivity index (χ0n) is 19.4. The smallest absolute Gasteiger partial charge is 0.242 e. The minimum atomic E-state index is -0.534. The monoisotopic (exact) mass is 458 g/mol. The summed E-state index contributed by atoms with van der Waals surface area (Å²) in [6.07, 6.45) is 3.32. The maximum atomic E-state index is 13.2. The molecular formula is C26H35ClN2O3. The van der Waals surface area contributed by atoms with E-state index in [0.717, 1.165) is 24.2 Å². The molecule has 0 aliphatic rings. The molecular weight excluding hydrogens is 424 g/mol. The summed E-state index contributed by atoms with van der Waals surface area (Å²) >= 11 is 6.35. The van der Waals surface area contributed by atoms with Crippen LogP contribution in [0.1, 0.15) is 57.1 Å². The van der Waals surface area contributed by atoms with E-state index in [2.05, 4.69) is 12.2 Å². The van der Waals surface area contributed by atoms with Crippen LogP contribution in [0.4, 0.5) is 0 Å². The van der Waals surface area contributed by atoms with Crippen molar-refractivity contribution in [2.45, 2.75) is 65.5 Å². The number of unbranched alkanes of at least 4 members (excludes halogenated alkanes) is 1. The number of benzene rings is 2. The highest BCUT2D eigenvalue weighted by atomic mass is 35.5. The molecule has 0 aliphatic heterocycles. The van der Waals surface area contributed by atoms with Gasteiger partial charge in [0.05, 0.1) is 6.61 Å². The van der Waals surface area contributed by atoms with E-state index in [0.29, 0.717) is 44.0 Å². The molecule has 0 saturated carbocycles. The van der Waals surface area contributed by atoms with Gasteiger partial charge in [-0.1, -0.05) is 67.8 Å². The maximum Gasteiger partial charge on any atom is 0.242 e. The Labute approximate surface area is 197 Å². The summed E-state index contributed by atoms with van der Waals surface area (Å²) in [4.78, 5) is 27.7. The summed E-state index contributed by atoms with van der Waals surface area (Å²) in [7, 11) is 0. The fourth-order valence-corrected chi connectivity index (χ4v) is 3.62. The lowest BCUT2D eigenvalue weighted by molar-refractivity contribution is -0.141. The van der Waals surface area contributed by atoms with Crippen molar-refractivity contribution in [2.75, 3.05) is 13.2 Å². The van der Waals surface area contributed by atoms with Gasteiger partial charge < -0.3 is 15.0 Å². The zero-order valence-corrected chi connectivity index (χ0v) is 20.2. The van der Waals surface area contributed by atoms with E-state index < -0.39 is 6.04 Å². The Kier molecular flexibility index (Phi) is 11.1. The lowest BCUT2D eigenvalue weighted by Gasteiger charge is -2.31. The fourth-order valence-electron chi connectivity index (χ4n) is 3.43. The summed E-state index contributed by atoms with van der Waals surface area (Å²) in [5.74, 6) is 0.602. The molecule has 2 aromatic rings. The minimum Gasteiger partial charge on any atom is -0.494 e. The van der Waals surface area contributed by atoms with Gasteiger partial charge in [0, 0.05) is 24.5 Å². The van der Waals surface area contributed by atoms with Crippen molar-refractivity contribution in [2.24, 2.45) is 0 Å². The molecule has 0 radical (unpaired) electrons. The minimum absolute atomic E-state index is 0.0742. The molecule has 0 aliphatic carbocycles. The third kappa shape index (κ3) is 8.19. The van der Waals surface area contributed by atoms with Gasteiger partial charge in [0.25, 0.3) is 0 Å². The number of nitrogens with zero attached hydrogens (tertiary/aromatic N) is 1. The molecule has 0 unspecified atom stereocenters. The van der Waals surface area contributed by atoms with Crippen molar-refractivity contribution in [1.29, 1.82) is 0 Å².